The summed E-state index contributed by atoms with van der Waals surface area (Å²) in [6.07, 6.45) is 2.29. The van der Waals surface area contributed by atoms with E-state index in [1.807, 2.05) is 37.3 Å². The Morgan fingerprint density at radius 3 is 2.13 bits per heavy atom. The molecule has 0 bridgehead atoms. The SMILES string of the molecule is CCCCNC(=O)[C@H](C)N(CCc1ccccc1)C(=O)CN(c1ccccc1)S(=O)(=O)c1ccc(OC)cc1. The molecule has 3 rings (SSSR count). The zero-order valence-electron chi connectivity index (χ0n) is 22.7. The van der Waals surface area contributed by atoms with E-state index >= 15 is 0 Å². The minimum Gasteiger partial charge on any atom is -0.497 e. The highest BCUT2D eigenvalue weighted by Crippen LogP contribution is 2.25. The number of nitrogens with one attached hydrogen (secondary N) is 1. The molecule has 1 N–H and O–H groups in total. The molecule has 0 aliphatic heterocycles. The molecule has 1 atom stereocenters. The molecule has 0 heterocycles. The number of amides is 2. The number of ether oxygens (including phenoxy) is 1. The first-order valence-corrected chi connectivity index (χ1v) is 14.5. The van der Waals surface area contributed by atoms with Crippen molar-refractivity contribution in [3.8, 4) is 5.75 Å². The van der Waals surface area contributed by atoms with Crippen molar-refractivity contribution < 1.29 is 22.7 Å². The van der Waals surface area contributed by atoms with Gasteiger partial charge in [-0.25, -0.2) is 8.42 Å². The van der Waals surface area contributed by atoms with Crippen LogP contribution in [0.4, 0.5) is 5.69 Å². The molecule has 0 saturated heterocycles. The Hall–Kier alpha value is -3.85. The molecule has 0 aliphatic carbocycles. The van der Waals surface area contributed by atoms with Crippen LogP contribution >= 0.6 is 0 Å². The van der Waals surface area contributed by atoms with E-state index < -0.39 is 28.5 Å². The van der Waals surface area contributed by atoms with E-state index in [4.69, 9.17) is 4.74 Å². The van der Waals surface area contributed by atoms with Crippen LogP contribution in [0, 0.1) is 0 Å². The molecule has 8 nitrogen and oxygen atoms in total. The first-order valence-electron chi connectivity index (χ1n) is 13.1. The number of unbranched alkanes of at least 4 members (excludes halogenated alkanes) is 1. The summed E-state index contributed by atoms with van der Waals surface area (Å²) in [6, 6.07) is 23.4. The maximum Gasteiger partial charge on any atom is 0.264 e. The van der Waals surface area contributed by atoms with Crippen LogP contribution in [0.3, 0.4) is 0 Å². The molecular weight excluding hydrogens is 514 g/mol. The molecule has 0 aliphatic rings. The van der Waals surface area contributed by atoms with Crippen LogP contribution in [0.25, 0.3) is 0 Å². The quantitative estimate of drug-likeness (QED) is 0.302. The first-order chi connectivity index (χ1) is 18.8. The first kappa shape index (κ1) is 29.7. The normalized spacial score (nSPS) is 11.9. The highest BCUT2D eigenvalue weighted by molar-refractivity contribution is 7.92. The van der Waals surface area contributed by atoms with Gasteiger partial charge in [0.05, 0.1) is 17.7 Å². The maximum absolute atomic E-state index is 13.8. The minimum absolute atomic E-state index is 0.0288. The van der Waals surface area contributed by atoms with Gasteiger partial charge in [0.1, 0.15) is 18.3 Å². The molecule has 3 aromatic rings. The number of sulfonamides is 1. The van der Waals surface area contributed by atoms with Crippen LogP contribution in [0.15, 0.2) is 89.8 Å². The summed E-state index contributed by atoms with van der Waals surface area (Å²) in [5.41, 5.74) is 1.37. The number of rotatable bonds is 14. The summed E-state index contributed by atoms with van der Waals surface area (Å²) in [7, 11) is -2.61. The number of nitrogens with zero attached hydrogens (tertiary/aromatic N) is 2. The Morgan fingerprint density at radius 2 is 1.54 bits per heavy atom. The predicted octanol–water partition coefficient (Wildman–Crippen LogP) is 4.27. The Morgan fingerprint density at radius 1 is 0.923 bits per heavy atom. The smallest absolute Gasteiger partial charge is 0.264 e. The number of benzene rings is 3. The summed E-state index contributed by atoms with van der Waals surface area (Å²) in [6.45, 7) is 4.03. The summed E-state index contributed by atoms with van der Waals surface area (Å²) < 4.78 is 33.8. The average molecular weight is 552 g/mol. The second-order valence-corrected chi connectivity index (χ2v) is 11.0. The third kappa shape index (κ3) is 8.07. The molecule has 0 fully saturated rings. The Bertz CT molecular complexity index is 1300. The van der Waals surface area contributed by atoms with Gasteiger partial charge in [0.2, 0.25) is 11.8 Å². The van der Waals surface area contributed by atoms with Crippen molar-refractivity contribution in [3.63, 3.8) is 0 Å². The maximum atomic E-state index is 13.8. The predicted molar refractivity (Wildman–Crippen MR) is 153 cm³/mol. The van der Waals surface area contributed by atoms with Gasteiger partial charge in [-0.05, 0) is 61.7 Å². The fraction of sp³-hybridized carbons (Fsp3) is 0.333. The minimum atomic E-state index is -4.11. The van der Waals surface area contributed by atoms with Gasteiger partial charge in [0.25, 0.3) is 10.0 Å². The van der Waals surface area contributed by atoms with Crippen LogP contribution in [-0.4, -0.2) is 57.9 Å². The lowest BCUT2D eigenvalue weighted by molar-refractivity contribution is -0.138. The van der Waals surface area contributed by atoms with Crippen molar-refractivity contribution >= 4 is 27.5 Å². The van der Waals surface area contributed by atoms with Gasteiger partial charge in [0, 0.05) is 13.1 Å². The second kappa shape index (κ2) is 14.3. The van der Waals surface area contributed by atoms with E-state index in [2.05, 4.69) is 5.32 Å². The highest BCUT2D eigenvalue weighted by atomic mass is 32.2. The summed E-state index contributed by atoms with van der Waals surface area (Å²) >= 11 is 0. The lowest BCUT2D eigenvalue weighted by atomic mass is 10.1. The third-order valence-electron chi connectivity index (χ3n) is 6.45. The standard InChI is InChI=1S/C30H37N3O5S/c1-4-5-21-31-30(35)24(2)32(22-20-25-12-8-6-9-13-25)29(34)23-33(26-14-10-7-11-15-26)39(36,37)28-18-16-27(38-3)17-19-28/h6-19,24H,4-5,20-23H2,1-3H3,(H,31,35)/t24-/m0/s1. The molecule has 39 heavy (non-hydrogen) atoms. The fourth-order valence-corrected chi connectivity index (χ4v) is 5.52. The number of methoxy groups -OCH3 is 1. The molecule has 0 unspecified atom stereocenters. The van der Waals surface area contributed by atoms with Crippen LogP contribution in [0.5, 0.6) is 5.75 Å². The molecule has 0 aromatic heterocycles. The third-order valence-corrected chi connectivity index (χ3v) is 8.24. The van der Waals surface area contributed by atoms with Gasteiger partial charge in [-0.1, -0.05) is 61.9 Å². The average Bonchev–Trinajstić information content (AvgIpc) is 2.96. The zero-order valence-corrected chi connectivity index (χ0v) is 23.6. The van der Waals surface area contributed by atoms with E-state index in [1.165, 1.54) is 24.1 Å². The monoisotopic (exact) mass is 551 g/mol. The molecule has 0 saturated carbocycles. The van der Waals surface area contributed by atoms with E-state index in [0.717, 1.165) is 22.7 Å². The molecule has 0 radical (unpaired) electrons. The van der Waals surface area contributed by atoms with E-state index in [0.29, 0.717) is 24.4 Å². The van der Waals surface area contributed by atoms with Crippen molar-refractivity contribution in [2.24, 2.45) is 0 Å². The largest absolute Gasteiger partial charge is 0.497 e. The lowest BCUT2D eigenvalue weighted by Crippen LogP contribution is -2.52. The van der Waals surface area contributed by atoms with Gasteiger partial charge in [0.15, 0.2) is 0 Å². The van der Waals surface area contributed by atoms with Crippen LogP contribution < -0.4 is 14.4 Å². The van der Waals surface area contributed by atoms with Gasteiger partial charge in [-0.3, -0.25) is 13.9 Å². The summed E-state index contributed by atoms with van der Waals surface area (Å²) in [5.74, 6) is -0.217. The number of carbonyl (C=O) groups excluding carboxylic acids is 2. The van der Waals surface area contributed by atoms with Gasteiger partial charge < -0.3 is 15.0 Å². The van der Waals surface area contributed by atoms with E-state index in [9.17, 15) is 18.0 Å². The molecule has 2 amide bonds. The zero-order chi connectivity index (χ0) is 28.3. The number of para-hydroxylation sites is 1. The van der Waals surface area contributed by atoms with E-state index in [-0.39, 0.29) is 17.3 Å². The molecular formula is C30H37N3O5S. The van der Waals surface area contributed by atoms with Gasteiger partial charge in [-0.2, -0.15) is 0 Å². The van der Waals surface area contributed by atoms with Crippen molar-refractivity contribution in [1.82, 2.24) is 10.2 Å². The summed E-state index contributed by atoms with van der Waals surface area (Å²) in [4.78, 5) is 28.3. The van der Waals surface area contributed by atoms with Crippen LogP contribution in [0.2, 0.25) is 0 Å². The summed E-state index contributed by atoms with van der Waals surface area (Å²) in [5, 5.41) is 2.89. The van der Waals surface area contributed by atoms with Crippen molar-refractivity contribution in [3.05, 3.63) is 90.5 Å². The highest BCUT2D eigenvalue weighted by Gasteiger charge is 2.32. The second-order valence-electron chi connectivity index (χ2n) is 9.17. The van der Waals surface area contributed by atoms with Gasteiger partial charge in [-0.15, -0.1) is 0 Å². The Balaban J connectivity index is 1.92. The Kier molecular flexibility index (Phi) is 10.9. The fourth-order valence-electron chi connectivity index (χ4n) is 4.10. The van der Waals surface area contributed by atoms with Crippen molar-refractivity contribution in [2.45, 2.75) is 44.0 Å². The van der Waals surface area contributed by atoms with E-state index in [1.54, 1.807) is 49.4 Å². The lowest BCUT2D eigenvalue weighted by Gasteiger charge is -2.32. The number of carbonyl (C=O) groups is 2. The number of hydrogen-bond acceptors (Lipinski definition) is 5. The van der Waals surface area contributed by atoms with Gasteiger partial charge >= 0.3 is 0 Å². The topological polar surface area (TPSA) is 96.0 Å². The number of anilines is 1. The molecule has 9 heteroatoms. The van der Waals surface area contributed by atoms with Crippen molar-refractivity contribution in [2.75, 3.05) is 31.0 Å². The Labute approximate surface area is 231 Å². The number of hydrogen-bond donors (Lipinski definition) is 1. The molecule has 3 aromatic carbocycles. The van der Waals surface area contributed by atoms with Crippen LogP contribution in [0.1, 0.15) is 32.3 Å². The molecule has 208 valence electrons. The molecule has 0 spiro atoms. The van der Waals surface area contributed by atoms with Crippen molar-refractivity contribution in [1.29, 1.82) is 0 Å². The van der Waals surface area contributed by atoms with Crippen LogP contribution in [-0.2, 0) is 26.0 Å².